The number of thiophene rings is 1. The van der Waals surface area contributed by atoms with Crippen LogP contribution in [0.15, 0.2) is 11.4 Å². The molecule has 0 saturated carbocycles. The van der Waals surface area contributed by atoms with E-state index in [1.807, 2.05) is 5.38 Å². The maximum atomic E-state index is 5.93. The third kappa shape index (κ3) is 1.80. The number of ether oxygens (including phenoxy) is 1. The summed E-state index contributed by atoms with van der Waals surface area (Å²) in [6.07, 6.45) is 0. The molecule has 0 spiro atoms. The summed E-state index contributed by atoms with van der Waals surface area (Å²) in [5, 5.41) is 5.37. The van der Waals surface area contributed by atoms with Crippen LogP contribution >= 0.6 is 22.9 Å². The van der Waals surface area contributed by atoms with E-state index >= 15 is 0 Å². The van der Waals surface area contributed by atoms with Crippen LogP contribution in [0.4, 0.5) is 0 Å². The Morgan fingerprint density at radius 1 is 1.67 bits per heavy atom. The summed E-state index contributed by atoms with van der Waals surface area (Å²) in [5.74, 6) is 0. The second-order valence-electron chi connectivity index (χ2n) is 2.83. The van der Waals surface area contributed by atoms with Crippen molar-refractivity contribution in [2.45, 2.75) is 12.6 Å². The highest BCUT2D eigenvalue weighted by atomic mass is 35.5. The van der Waals surface area contributed by atoms with Crippen LogP contribution in [-0.2, 0) is 11.3 Å². The molecule has 4 heteroatoms. The summed E-state index contributed by atoms with van der Waals surface area (Å²) in [5.41, 5.74) is 1.19. The molecule has 2 heterocycles. The molecule has 0 bridgehead atoms. The monoisotopic (exact) mass is 203 g/mol. The molecule has 1 aliphatic rings. The van der Waals surface area contributed by atoms with Crippen LogP contribution in [-0.4, -0.2) is 19.3 Å². The molecular weight excluding hydrogens is 194 g/mol. The fraction of sp³-hybridized carbons (Fsp3) is 0.500. The van der Waals surface area contributed by atoms with Crippen molar-refractivity contribution in [3.05, 3.63) is 21.3 Å². The second kappa shape index (κ2) is 3.75. The van der Waals surface area contributed by atoms with Gasteiger partial charge in [0.05, 0.1) is 23.6 Å². The van der Waals surface area contributed by atoms with Crippen molar-refractivity contribution in [1.29, 1.82) is 0 Å². The van der Waals surface area contributed by atoms with Gasteiger partial charge in [0.1, 0.15) is 0 Å². The van der Waals surface area contributed by atoms with Crippen molar-refractivity contribution in [1.82, 2.24) is 5.32 Å². The molecule has 0 radical (unpaired) electrons. The summed E-state index contributed by atoms with van der Waals surface area (Å²) >= 11 is 7.51. The van der Waals surface area contributed by atoms with Gasteiger partial charge in [-0.1, -0.05) is 11.6 Å². The summed E-state index contributed by atoms with van der Waals surface area (Å²) in [7, 11) is 0. The van der Waals surface area contributed by atoms with Crippen molar-refractivity contribution >= 4 is 22.9 Å². The van der Waals surface area contributed by atoms with Crippen LogP contribution in [0.1, 0.15) is 5.56 Å². The quantitative estimate of drug-likeness (QED) is 0.810. The van der Waals surface area contributed by atoms with Crippen molar-refractivity contribution in [3.63, 3.8) is 0 Å². The molecule has 0 aromatic carbocycles. The van der Waals surface area contributed by atoms with Crippen molar-refractivity contribution in [2.24, 2.45) is 0 Å². The van der Waals surface area contributed by atoms with Crippen LogP contribution in [0, 0.1) is 0 Å². The van der Waals surface area contributed by atoms with E-state index in [9.17, 15) is 0 Å². The smallest absolute Gasteiger partial charge is 0.0973 e. The molecular formula is C8H10ClNOS. The van der Waals surface area contributed by atoms with Gasteiger partial charge in [-0.05, 0) is 17.0 Å². The molecule has 0 aliphatic carbocycles. The zero-order valence-electron chi connectivity index (χ0n) is 6.55. The molecule has 1 fully saturated rings. The average molecular weight is 204 g/mol. The van der Waals surface area contributed by atoms with Gasteiger partial charge in [-0.25, -0.2) is 0 Å². The number of hydrogen-bond acceptors (Lipinski definition) is 3. The lowest BCUT2D eigenvalue weighted by Gasteiger charge is -2.26. The fourth-order valence-corrected chi connectivity index (χ4v) is 1.98. The van der Waals surface area contributed by atoms with E-state index in [0.29, 0.717) is 6.04 Å². The van der Waals surface area contributed by atoms with E-state index in [2.05, 4.69) is 11.4 Å². The van der Waals surface area contributed by atoms with Gasteiger partial charge in [-0.15, -0.1) is 11.3 Å². The maximum Gasteiger partial charge on any atom is 0.0973 e. The summed E-state index contributed by atoms with van der Waals surface area (Å²) < 4.78 is 5.93. The van der Waals surface area contributed by atoms with E-state index < -0.39 is 0 Å². The Kier molecular flexibility index (Phi) is 2.66. The topological polar surface area (TPSA) is 21.3 Å². The van der Waals surface area contributed by atoms with Crippen molar-refractivity contribution in [2.75, 3.05) is 13.2 Å². The molecule has 0 amide bonds. The predicted molar refractivity (Wildman–Crippen MR) is 50.8 cm³/mol. The lowest BCUT2D eigenvalue weighted by Crippen LogP contribution is -2.45. The highest BCUT2D eigenvalue weighted by Crippen LogP contribution is 2.22. The van der Waals surface area contributed by atoms with Crippen molar-refractivity contribution < 1.29 is 4.74 Å². The molecule has 1 aromatic heterocycles. The minimum absolute atomic E-state index is 0.529. The predicted octanol–water partition coefficient (Wildman–Crippen LogP) is 1.89. The SMILES string of the molecule is Clc1sccc1CNC1COC1. The molecule has 1 saturated heterocycles. The van der Waals surface area contributed by atoms with E-state index in [0.717, 1.165) is 24.1 Å². The molecule has 0 unspecified atom stereocenters. The Morgan fingerprint density at radius 3 is 3.00 bits per heavy atom. The zero-order chi connectivity index (χ0) is 8.39. The molecule has 2 rings (SSSR count). The van der Waals surface area contributed by atoms with E-state index in [1.54, 1.807) is 11.3 Å². The molecule has 0 atom stereocenters. The van der Waals surface area contributed by atoms with E-state index in [-0.39, 0.29) is 0 Å². The van der Waals surface area contributed by atoms with Crippen molar-refractivity contribution in [3.8, 4) is 0 Å². The van der Waals surface area contributed by atoms with Crippen LogP contribution in [0.25, 0.3) is 0 Å². The zero-order valence-corrected chi connectivity index (χ0v) is 8.12. The average Bonchev–Trinajstić information content (AvgIpc) is 2.33. The molecule has 1 aliphatic heterocycles. The number of halogens is 1. The standard InChI is InChI=1S/C8H10ClNOS/c9-8-6(1-2-12-8)3-10-7-4-11-5-7/h1-2,7,10H,3-5H2. The van der Waals surface area contributed by atoms with Gasteiger partial charge in [-0.2, -0.15) is 0 Å². The van der Waals surface area contributed by atoms with Gasteiger partial charge < -0.3 is 10.1 Å². The first kappa shape index (κ1) is 8.51. The summed E-state index contributed by atoms with van der Waals surface area (Å²) in [6.45, 7) is 2.53. The molecule has 1 aromatic rings. The van der Waals surface area contributed by atoms with E-state index in [1.165, 1.54) is 5.56 Å². The first-order valence-electron chi connectivity index (χ1n) is 3.89. The van der Waals surface area contributed by atoms with Gasteiger partial charge in [0.25, 0.3) is 0 Å². The second-order valence-corrected chi connectivity index (χ2v) is 4.35. The highest BCUT2D eigenvalue weighted by Gasteiger charge is 2.17. The third-order valence-electron chi connectivity index (χ3n) is 1.91. The van der Waals surface area contributed by atoms with Gasteiger partial charge in [-0.3, -0.25) is 0 Å². The number of nitrogens with one attached hydrogen (secondary N) is 1. The summed E-state index contributed by atoms with van der Waals surface area (Å²) in [6, 6.07) is 2.58. The van der Waals surface area contributed by atoms with Gasteiger partial charge in [0, 0.05) is 6.54 Å². The Hall–Kier alpha value is -0.0900. The molecule has 12 heavy (non-hydrogen) atoms. The largest absolute Gasteiger partial charge is 0.378 e. The minimum atomic E-state index is 0.529. The van der Waals surface area contributed by atoms with Crippen LogP contribution < -0.4 is 5.32 Å². The first-order chi connectivity index (χ1) is 5.86. The molecule has 1 N–H and O–H groups in total. The number of rotatable bonds is 3. The number of hydrogen-bond donors (Lipinski definition) is 1. The van der Waals surface area contributed by atoms with Crippen LogP contribution in [0.3, 0.4) is 0 Å². The van der Waals surface area contributed by atoms with Crippen LogP contribution in [0.5, 0.6) is 0 Å². The maximum absolute atomic E-state index is 5.93. The van der Waals surface area contributed by atoms with Gasteiger partial charge in [0.15, 0.2) is 0 Å². The Labute approximate surface area is 80.5 Å². The fourth-order valence-electron chi connectivity index (χ4n) is 1.05. The van der Waals surface area contributed by atoms with Gasteiger partial charge in [0.2, 0.25) is 0 Å². The lowest BCUT2D eigenvalue weighted by molar-refractivity contribution is -0.00576. The third-order valence-corrected chi connectivity index (χ3v) is 3.16. The highest BCUT2D eigenvalue weighted by molar-refractivity contribution is 7.14. The first-order valence-corrected chi connectivity index (χ1v) is 5.15. The Balaban J connectivity index is 1.82. The Bertz CT molecular complexity index is 259. The normalized spacial score (nSPS) is 17.8. The Morgan fingerprint density at radius 2 is 2.50 bits per heavy atom. The van der Waals surface area contributed by atoms with Gasteiger partial charge >= 0.3 is 0 Å². The molecule has 2 nitrogen and oxygen atoms in total. The summed E-state index contributed by atoms with van der Waals surface area (Å²) in [4.78, 5) is 0. The minimum Gasteiger partial charge on any atom is -0.378 e. The van der Waals surface area contributed by atoms with Crippen LogP contribution in [0.2, 0.25) is 4.34 Å². The van der Waals surface area contributed by atoms with E-state index in [4.69, 9.17) is 16.3 Å². The lowest BCUT2D eigenvalue weighted by atomic mass is 10.2. The molecule has 66 valence electrons.